The quantitative estimate of drug-likeness (QED) is 0.305. The lowest BCUT2D eigenvalue weighted by Crippen LogP contribution is -2.59. The number of hydrogen-bond acceptors (Lipinski definition) is 7. The van der Waals surface area contributed by atoms with E-state index in [4.69, 9.17) is 14.6 Å². The summed E-state index contributed by atoms with van der Waals surface area (Å²) < 4.78 is 10.2. The molecule has 5 unspecified atom stereocenters. The van der Waals surface area contributed by atoms with E-state index in [1.807, 2.05) is 0 Å². The normalized spacial score (nSPS) is 29.6. The summed E-state index contributed by atoms with van der Waals surface area (Å²) in [6, 6.07) is 0. The van der Waals surface area contributed by atoms with E-state index in [0.29, 0.717) is 6.42 Å². The Hall–Kier alpha value is -0.730. The fourth-order valence-corrected chi connectivity index (χ4v) is 2.93. The van der Waals surface area contributed by atoms with Gasteiger partial charge in [-0.25, -0.2) is 0 Å². The number of carbonyl (C=O) groups is 1. The van der Waals surface area contributed by atoms with Crippen LogP contribution < -0.4 is 0 Å². The van der Waals surface area contributed by atoms with Crippen LogP contribution in [-0.4, -0.2) is 63.7 Å². The molecule has 0 spiro atoms. The molecule has 1 heterocycles. The molecule has 4 N–H and O–H groups in total. The van der Waals surface area contributed by atoms with Crippen LogP contribution in [0.15, 0.2) is 0 Å². The maximum atomic E-state index is 11.8. The average Bonchev–Trinajstić information content (AvgIpc) is 2.60. The van der Waals surface area contributed by atoms with Crippen molar-refractivity contribution in [3.8, 4) is 0 Å². The minimum absolute atomic E-state index is 0.213. The molecule has 0 saturated carbocycles. The first-order valence-electron chi connectivity index (χ1n) is 9.51. The SMILES string of the molecule is CCCCCCCCCCCC(=O)OC1OC(CO)C(O)C(O)C1O. The summed E-state index contributed by atoms with van der Waals surface area (Å²) in [5.74, 6) is -0.521. The highest BCUT2D eigenvalue weighted by atomic mass is 16.7. The molecule has 1 saturated heterocycles. The van der Waals surface area contributed by atoms with Gasteiger partial charge in [-0.2, -0.15) is 0 Å². The maximum absolute atomic E-state index is 11.8. The predicted octanol–water partition coefficient (Wildman–Crippen LogP) is 1.25. The van der Waals surface area contributed by atoms with Crippen molar-refractivity contribution in [3.05, 3.63) is 0 Å². The van der Waals surface area contributed by atoms with Crippen LogP contribution in [0.3, 0.4) is 0 Å². The Morgan fingerprint density at radius 2 is 1.44 bits per heavy atom. The molecule has 7 heteroatoms. The molecule has 0 aliphatic carbocycles. The van der Waals surface area contributed by atoms with Crippen molar-refractivity contribution < 1.29 is 34.7 Å². The van der Waals surface area contributed by atoms with E-state index in [0.717, 1.165) is 12.8 Å². The van der Waals surface area contributed by atoms with Gasteiger partial charge in [0.1, 0.15) is 24.4 Å². The van der Waals surface area contributed by atoms with Crippen molar-refractivity contribution in [2.45, 2.75) is 102 Å². The first kappa shape index (κ1) is 22.3. The van der Waals surface area contributed by atoms with E-state index in [-0.39, 0.29) is 6.42 Å². The molecule has 1 aliphatic rings. The number of rotatable bonds is 12. The van der Waals surface area contributed by atoms with Gasteiger partial charge in [0.15, 0.2) is 0 Å². The molecule has 7 nitrogen and oxygen atoms in total. The van der Waals surface area contributed by atoms with Crippen LogP contribution in [-0.2, 0) is 14.3 Å². The zero-order valence-electron chi connectivity index (χ0n) is 15.2. The standard InChI is InChI=1S/C18H34O7/c1-2-3-4-5-6-7-8-9-10-11-14(20)25-18-17(23)16(22)15(21)13(12-19)24-18/h13,15-19,21-23H,2-12H2,1H3. The molecule has 25 heavy (non-hydrogen) atoms. The van der Waals surface area contributed by atoms with Crippen molar-refractivity contribution in [3.63, 3.8) is 0 Å². The van der Waals surface area contributed by atoms with E-state index in [2.05, 4.69) is 6.92 Å². The molecule has 0 aromatic rings. The third-order valence-corrected chi connectivity index (χ3v) is 4.58. The zero-order valence-corrected chi connectivity index (χ0v) is 15.2. The fourth-order valence-electron chi connectivity index (χ4n) is 2.93. The summed E-state index contributed by atoms with van der Waals surface area (Å²) in [5, 5.41) is 38.2. The van der Waals surface area contributed by atoms with E-state index in [1.54, 1.807) is 0 Å². The van der Waals surface area contributed by atoms with Crippen molar-refractivity contribution in [2.75, 3.05) is 6.61 Å². The van der Waals surface area contributed by atoms with Crippen LogP contribution in [0.1, 0.15) is 71.1 Å². The van der Waals surface area contributed by atoms with Gasteiger partial charge in [0.25, 0.3) is 0 Å². The summed E-state index contributed by atoms with van der Waals surface area (Å²) in [6.45, 7) is 1.65. The monoisotopic (exact) mass is 362 g/mol. The van der Waals surface area contributed by atoms with Crippen molar-refractivity contribution in [1.82, 2.24) is 0 Å². The molecule has 1 fully saturated rings. The fraction of sp³-hybridized carbons (Fsp3) is 0.944. The molecule has 5 atom stereocenters. The Morgan fingerprint density at radius 1 is 0.880 bits per heavy atom. The van der Waals surface area contributed by atoms with Gasteiger partial charge in [-0.1, -0.05) is 58.3 Å². The third kappa shape index (κ3) is 8.00. The largest absolute Gasteiger partial charge is 0.433 e. The topological polar surface area (TPSA) is 116 Å². The highest BCUT2D eigenvalue weighted by Crippen LogP contribution is 2.22. The second-order valence-corrected chi connectivity index (χ2v) is 6.77. The smallest absolute Gasteiger partial charge is 0.308 e. The molecule has 1 aliphatic heterocycles. The second-order valence-electron chi connectivity index (χ2n) is 6.77. The summed E-state index contributed by atoms with van der Waals surface area (Å²) in [4.78, 5) is 11.8. The van der Waals surface area contributed by atoms with Gasteiger partial charge in [0.05, 0.1) is 6.61 Å². The number of hydrogen-bond donors (Lipinski definition) is 4. The third-order valence-electron chi connectivity index (χ3n) is 4.58. The number of ether oxygens (including phenoxy) is 2. The van der Waals surface area contributed by atoms with Crippen molar-refractivity contribution >= 4 is 5.97 Å². The Balaban J connectivity index is 2.15. The Morgan fingerprint density at radius 3 is 2.00 bits per heavy atom. The number of unbranched alkanes of at least 4 members (excludes halogenated alkanes) is 8. The van der Waals surface area contributed by atoms with Crippen molar-refractivity contribution in [1.29, 1.82) is 0 Å². The van der Waals surface area contributed by atoms with Crippen LogP contribution in [0.4, 0.5) is 0 Å². The van der Waals surface area contributed by atoms with Gasteiger partial charge in [-0.3, -0.25) is 4.79 Å². The summed E-state index contributed by atoms with van der Waals surface area (Å²) in [5.41, 5.74) is 0. The first-order valence-corrected chi connectivity index (χ1v) is 9.51. The highest BCUT2D eigenvalue weighted by Gasteiger charge is 2.45. The minimum atomic E-state index is -1.54. The first-order chi connectivity index (χ1) is 12.0. The molecule has 0 bridgehead atoms. The van der Waals surface area contributed by atoms with Crippen molar-refractivity contribution in [2.24, 2.45) is 0 Å². The van der Waals surface area contributed by atoms with E-state index in [1.165, 1.54) is 38.5 Å². The number of carbonyl (C=O) groups excluding carboxylic acids is 1. The van der Waals surface area contributed by atoms with Gasteiger partial charge in [-0.05, 0) is 6.42 Å². The van der Waals surface area contributed by atoms with Crippen LogP contribution in [0.25, 0.3) is 0 Å². The molecule has 0 amide bonds. The lowest BCUT2D eigenvalue weighted by atomic mass is 9.99. The molecule has 148 valence electrons. The Labute approximate surface area is 150 Å². The van der Waals surface area contributed by atoms with Crippen LogP contribution in [0.5, 0.6) is 0 Å². The summed E-state index contributed by atoms with van der Waals surface area (Å²) in [7, 11) is 0. The molecule has 1 rings (SSSR count). The van der Waals surface area contributed by atoms with Gasteiger partial charge >= 0.3 is 5.97 Å². The lowest BCUT2D eigenvalue weighted by Gasteiger charge is -2.39. The molecule has 0 aromatic carbocycles. The minimum Gasteiger partial charge on any atom is -0.433 e. The van der Waals surface area contributed by atoms with Crippen LogP contribution in [0, 0.1) is 0 Å². The summed E-state index contributed by atoms with van der Waals surface area (Å²) in [6.07, 6.45) is 3.49. The van der Waals surface area contributed by atoms with Gasteiger partial charge < -0.3 is 29.9 Å². The Bertz CT molecular complexity index is 361. The van der Waals surface area contributed by atoms with Crippen LogP contribution >= 0.6 is 0 Å². The van der Waals surface area contributed by atoms with Gasteiger partial charge in [0, 0.05) is 6.42 Å². The second kappa shape index (κ2) is 12.6. The van der Waals surface area contributed by atoms with E-state index < -0.39 is 43.3 Å². The molecular weight excluding hydrogens is 328 g/mol. The molecule has 0 aromatic heterocycles. The number of aliphatic hydroxyl groups excluding tert-OH is 4. The highest BCUT2D eigenvalue weighted by molar-refractivity contribution is 5.69. The predicted molar refractivity (Wildman–Crippen MR) is 91.7 cm³/mol. The number of aliphatic hydroxyl groups is 4. The number of esters is 1. The zero-order chi connectivity index (χ0) is 18.7. The summed E-state index contributed by atoms with van der Waals surface area (Å²) >= 11 is 0. The maximum Gasteiger partial charge on any atom is 0.308 e. The average molecular weight is 362 g/mol. The lowest BCUT2D eigenvalue weighted by molar-refractivity contribution is -0.292. The van der Waals surface area contributed by atoms with Crippen LogP contribution in [0.2, 0.25) is 0 Å². The van der Waals surface area contributed by atoms with Gasteiger partial charge in [-0.15, -0.1) is 0 Å². The van der Waals surface area contributed by atoms with E-state index in [9.17, 15) is 20.1 Å². The van der Waals surface area contributed by atoms with Gasteiger partial charge in [0.2, 0.25) is 6.29 Å². The Kier molecular flexibility index (Phi) is 11.2. The molecule has 0 radical (unpaired) electrons. The van der Waals surface area contributed by atoms with E-state index >= 15 is 0 Å². The molecular formula is C18H34O7.